The van der Waals surface area contributed by atoms with Gasteiger partial charge in [0.1, 0.15) is 17.1 Å². The van der Waals surface area contributed by atoms with E-state index in [-0.39, 0.29) is 17.2 Å². The highest BCUT2D eigenvalue weighted by molar-refractivity contribution is 7.10. The van der Waals surface area contributed by atoms with Gasteiger partial charge < -0.3 is 14.7 Å². The van der Waals surface area contributed by atoms with Gasteiger partial charge in [-0.15, -0.1) is 11.3 Å². The number of rotatable bonds is 3. The summed E-state index contributed by atoms with van der Waals surface area (Å²) in [6.45, 7) is 7.09. The highest BCUT2D eigenvalue weighted by atomic mass is 32.1. The SMILES string of the molecule is CC(C)(C)c1cc(NC(=O)c2csc3c2CCN(C(=O)c2cnc4ccccn24)C3)no1. The van der Waals surface area contributed by atoms with Crippen molar-refractivity contribution in [3.05, 3.63) is 69.5 Å². The Balaban J connectivity index is 1.32. The zero-order chi connectivity index (χ0) is 22.5. The van der Waals surface area contributed by atoms with Crippen molar-refractivity contribution in [1.29, 1.82) is 0 Å². The van der Waals surface area contributed by atoms with Crippen molar-refractivity contribution in [2.75, 3.05) is 11.9 Å². The molecule has 0 fully saturated rings. The Hall–Kier alpha value is -3.46. The predicted octanol–water partition coefficient (Wildman–Crippen LogP) is 4.13. The number of carbonyl (C=O) groups is 2. The molecule has 0 saturated carbocycles. The third kappa shape index (κ3) is 3.58. The van der Waals surface area contributed by atoms with Gasteiger partial charge in [-0.3, -0.25) is 14.0 Å². The molecule has 4 aromatic heterocycles. The molecule has 0 radical (unpaired) electrons. The van der Waals surface area contributed by atoms with Gasteiger partial charge >= 0.3 is 0 Å². The maximum Gasteiger partial charge on any atom is 0.272 e. The molecule has 164 valence electrons. The second-order valence-electron chi connectivity index (χ2n) is 8.88. The maximum absolute atomic E-state index is 13.1. The number of amides is 2. The van der Waals surface area contributed by atoms with Crippen LogP contribution >= 0.6 is 11.3 Å². The van der Waals surface area contributed by atoms with Gasteiger partial charge in [0.2, 0.25) is 0 Å². The van der Waals surface area contributed by atoms with Crippen LogP contribution in [0.3, 0.4) is 0 Å². The summed E-state index contributed by atoms with van der Waals surface area (Å²) in [5.74, 6) is 0.839. The number of hydrogen-bond acceptors (Lipinski definition) is 6. The van der Waals surface area contributed by atoms with E-state index in [4.69, 9.17) is 4.52 Å². The maximum atomic E-state index is 13.1. The molecule has 1 N–H and O–H groups in total. The van der Waals surface area contributed by atoms with E-state index in [1.54, 1.807) is 16.7 Å². The average molecular weight is 450 g/mol. The lowest BCUT2D eigenvalue weighted by Gasteiger charge is -2.27. The van der Waals surface area contributed by atoms with Crippen LogP contribution in [0.15, 0.2) is 46.6 Å². The number of carbonyl (C=O) groups excluding carboxylic acids is 2. The Morgan fingerprint density at radius 3 is 2.88 bits per heavy atom. The quantitative estimate of drug-likeness (QED) is 0.508. The summed E-state index contributed by atoms with van der Waals surface area (Å²) < 4.78 is 7.15. The first-order valence-electron chi connectivity index (χ1n) is 10.4. The van der Waals surface area contributed by atoms with Crippen molar-refractivity contribution < 1.29 is 14.1 Å². The minimum absolute atomic E-state index is 0.0638. The van der Waals surface area contributed by atoms with Gasteiger partial charge in [-0.05, 0) is 24.1 Å². The fourth-order valence-corrected chi connectivity index (χ4v) is 4.91. The second-order valence-corrected chi connectivity index (χ2v) is 9.84. The van der Waals surface area contributed by atoms with Gasteiger partial charge in [0.15, 0.2) is 5.82 Å². The van der Waals surface area contributed by atoms with Crippen LogP contribution in [0, 0.1) is 0 Å². The Morgan fingerprint density at radius 2 is 2.09 bits per heavy atom. The highest BCUT2D eigenvalue weighted by Crippen LogP contribution is 2.31. The van der Waals surface area contributed by atoms with Crippen molar-refractivity contribution in [2.24, 2.45) is 0 Å². The normalized spacial score (nSPS) is 13.9. The highest BCUT2D eigenvalue weighted by Gasteiger charge is 2.29. The number of thiophene rings is 1. The van der Waals surface area contributed by atoms with Crippen LogP contribution in [0.25, 0.3) is 5.65 Å². The van der Waals surface area contributed by atoms with Gasteiger partial charge in [-0.25, -0.2) is 4.98 Å². The molecule has 0 aliphatic carbocycles. The average Bonchev–Trinajstić information content (AvgIpc) is 3.50. The zero-order valence-corrected chi connectivity index (χ0v) is 18.9. The minimum atomic E-state index is -0.210. The zero-order valence-electron chi connectivity index (χ0n) is 18.1. The van der Waals surface area contributed by atoms with Crippen molar-refractivity contribution >= 4 is 34.6 Å². The van der Waals surface area contributed by atoms with Gasteiger partial charge in [-0.2, -0.15) is 0 Å². The summed E-state index contributed by atoms with van der Waals surface area (Å²) in [5, 5.41) is 8.66. The lowest BCUT2D eigenvalue weighted by atomic mass is 9.93. The van der Waals surface area contributed by atoms with Crippen molar-refractivity contribution in [3.8, 4) is 0 Å². The summed E-state index contributed by atoms with van der Waals surface area (Å²) in [7, 11) is 0. The molecule has 4 aromatic rings. The van der Waals surface area contributed by atoms with Gasteiger partial charge in [0.05, 0.1) is 18.3 Å². The van der Waals surface area contributed by atoms with Crippen LogP contribution in [0.5, 0.6) is 0 Å². The molecule has 9 heteroatoms. The topological polar surface area (TPSA) is 92.7 Å². The Labute approximate surface area is 188 Å². The second kappa shape index (κ2) is 7.59. The molecular weight excluding hydrogens is 426 g/mol. The first kappa shape index (κ1) is 20.4. The van der Waals surface area contributed by atoms with Crippen LogP contribution in [0.2, 0.25) is 0 Å². The molecule has 0 bridgehead atoms. The van der Waals surface area contributed by atoms with E-state index >= 15 is 0 Å². The summed E-state index contributed by atoms with van der Waals surface area (Å²) in [4.78, 5) is 33.1. The predicted molar refractivity (Wildman–Crippen MR) is 121 cm³/mol. The smallest absolute Gasteiger partial charge is 0.272 e. The van der Waals surface area contributed by atoms with Crippen LogP contribution in [0.4, 0.5) is 5.82 Å². The van der Waals surface area contributed by atoms with Gasteiger partial charge in [-0.1, -0.05) is 32.0 Å². The monoisotopic (exact) mass is 449 g/mol. The summed E-state index contributed by atoms with van der Waals surface area (Å²) >= 11 is 1.50. The number of pyridine rings is 1. The fourth-order valence-electron chi connectivity index (χ4n) is 3.82. The third-order valence-electron chi connectivity index (χ3n) is 5.61. The lowest BCUT2D eigenvalue weighted by Crippen LogP contribution is -2.36. The summed E-state index contributed by atoms with van der Waals surface area (Å²) in [6.07, 6.45) is 4.08. The molecule has 0 aromatic carbocycles. The number of aromatic nitrogens is 3. The van der Waals surface area contributed by atoms with Crippen LogP contribution < -0.4 is 5.32 Å². The first-order valence-corrected chi connectivity index (χ1v) is 11.3. The number of hydrogen-bond donors (Lipinski definition) is 1. The molecule has 32 heavy (non-hydrogen) atoms. The molecule has 5 heterocycles. The number of imidazole rings is 1. The van der Waals surface area contributed by atoms with Crippen LogP contribution in [-0.2, 0) is 18.4 Å². The van der Waals surface area contributed by atoms with E-state index in [9.17, 15) is 9.59 Å². The summed E-state index contributed by atoms with van der Waals surface area (Å²) in [5.41, 5.74) is 2.72. The largest absolute Gasteiger partial charge is 0.359 e. The molecule has 0 saturated heterocycles. The molecule has 0 spiro atoms. The molecule has 2 amide bonds. The third-order valence-corrected chi connectivity index (χ3v) is 6.62. The number of nitrogens with zero attached hydrogens (tertiary/aromatic N) is 4. The first-order chi connectivity index (χ1) is 15.3. The van der Waals surface area contributed by atoms with Gasteiger partial charge in [0, 0.05) is 34.5 Å². The molecule has 1 aliphatic rings. The van der Waals surface area contributed by atoms with Crippen molar-refractivity contribution in [2.45, 2.75) is 39.2 Å². The Kier molecular flexibility index (Phi) is 4.85. The van der Waals surface area contributed by atoms with E-state index < -0.39 is 0 Å². The van der Waals surface area contributed by atoms with E-state index in [1.165, 1.54) is 11.3 Å². The molecule has 1 aliphatic heterocycles. The minimum Gasteiger partial charge on any atom is -0.359 e. The molecule has 8 nitrogen and oxygen atoms in total. The van der Waals surface area contributed by atoms with Crippen LogP contribution in [-0.4, -0.2) is 37.8 Å². The van der Waals surface area contributed by atoms with Crippen molar-refractivity contribution in [1.82, 2.24) is 19.4 Å². The number of fused-ring (bicyclic) bond motifs is 2. The molecule has 0 unspecified atom stereocenters. The standard InChI is InChI=1S/C23H23N5O3S/c1-23(2,3)18-10-19(26-31-18)25-21(29)15-13-32-17-12-27(9-7-14(15)17)22(30)16-11-24-20-6-4-5-8-28(16)20/h4-6,8,10-11,13H,7,9,12H2,1-3H3,(H,25,26,29). The lowest BCUT2D eigenvalue weighted by molar-refractivity contribution is 0.0730. The van der Waals surface area contributed by atoms with Crippen molar-refractivity contribution in [3.63, 3.8) is 0 Å². The molecular formula is C23H23N5O3S. The van der Waals surface area contributed by atoms with E-state index in [1.807, 2.05) is 55.4 Å². The van der Waals surface area contributed by atoms with E-state index in [2.05, 4.69) is 15.5 Å². The number of anilines is 1. The molecule has 0 atom stereocenters. The van der Waals surface area contributed by atoms with Gasteiger partial charge in [0.25, 0.3) is 11.8 Å². The van der Waals surface area contributed by atoms with Crippen LogP contribution in [0.1, 0.15) is 57.8 Å². The molecule has 5 rings (SSSR count). The number of nitrogens with one attached hydrogen (secondary N) is 1. The van der Waals surface area contributed by atoms with E-state index in [0.717, 1.165) is 16.1 Å². The fraction of sp³-hybridized carbons (Fsp3) is 0.304. The Morgan fingerprint density at radius 1 is 1.25 bits per heavy atom. The summed E-state index contributed by atoms with van der Waals surface area (Å²) in [6, 6.07) is 7.40. The Bertz CT molecular complexity index is 1330. The van der Waals surface area contributed by atoms with E-state index in [0.29, 0.717) is 42.3 Å².